The molecule has 0 aliphatic carbocycles. The monoisotopic (exact) mass is 261 g/mol. The van der Waals surface area contributed by atoms with Crippen LogP contribution in [0.25, 0.3) is 0 Å². The number of rotatable bonds is 3. The summed E-state index contributed by atoms with van der Waals surface area (Å²) >= 11 is 3.02. The van der Waals surface area contributed by atoms with Crippen molar-refractivity contribution in [2.75, 3.05) is 0 Å². The second-order valence-corrected chi connectivity index (χ2v) is 3.36. The Hall–Kier alpha value is -1.30. The molecule has 1 aromatic heterocycles. The summed E-state index contributed by atoms with van der Waals surface area (Å²) in [7, 11) is 0. The van der Waals surface area contributed by atoms with Gasteiger partial charge in [0, 0.05) is 0 Å². The van der Waals surface area contributed by atoms with E-state index in [1.54, 1.807) is 0 Å². The van der Waals surface area contributed by atoms with E-state index in [4.69, 9.17) is 9.52 Å². The van der Waals surface area contributed by atoms with Gasteiger partial charge >= 0.3 is 5.97 Å². The van der Waals surface area contributed by atoms with Crippen LogP contribution in [0.1, 0.15) is 17.3 Å². The Morgan fingerprint density at radius 2 is 2.29 bits per heavy atom. The van der Waals surface area contributed by atoms with Gasteiger partial charge in [-0.25, -0.2) is 0 Å². The quantitative estimate of drug-likeness (QED) is 0.858. The molecule has 0 unspecified atom stereocenters. The third-order valence-electron chi connectivity index (χ3n) is 1.58. The summed E-state index contributed by atoms with van der Waals surface area (Å²) in [5.41, 5.74) is 0.276. The van der Waals surface area contributed by atoms with Gasteiger partial charge in [0.2, 0.25) is 0 Å². The number of hydrogen-bond acceptors (Lipinski definition) is 3. The van der Waals surface area contributed by atoms with Crippen LogP contribution in [-0.2, 0) is 4.79 Å². The van der Waals surface area contributed by atoms with Crippen LogP contribution in [0, 0.1) is 0 Å². The van der Waals surface area contributed by atoms with Crippen LogP contribution < -0.4 is 5.32 Å². The number of halogens is 1. The van der Waals surface area contributed by atoms with E-state index in [-0.39, 0.29) is 10.2 Å². The average Bonchev–Trinajstić information content (AvgIpc) is 2.51. The van der Waals surface area contributed by atoms with Crippen LogP contribution in [0.2, 0.25) is 0 Å². The molecular formula is C8H8BrNO4. The van der Waals surface area contributed by atoms with E-state index in [2.05, 4.69) is 21.2 Å². The van der Waals surface area contributed by atoms with Gasteiger partial charge in [0.1, 0.15) is 6.04 Å². The van der Waals surface area contributed by atoms with E-state index in [1.807, 2.05) is 0 Å². The molecule has 0 bridgehead atoms. The van der Waals surface area contributed by atoms with Gasteiger partial charge in [-0.05, 0) is 28.9 Å². The topological polar surface area (TPSA) is 79.5 Å². The van der Waals surface area contributed by atoms with Crippen molar-refractivity contribution in [1.82, 2.24) is 5.32 Å². The highest BCUT2D eigenvalue weighted by Crippen LogP contribution is 2.17. The molecule has 0 fully saturated rings. The number of nitrogens with one attached hydrogen (secondary N) is 1. The summed E-state index contributed by atoms with van der Waals surface area (Å²) < 4.78 is 5.12. The first-order valence-electron chi connectivity index (χ1n) is 3.79. The molecule has 1 rings (SSSR count). The van der Waals surface area contributed by atoms with E-state index in [0.29, 0.717) is 0 Å². The fourth-order valence-corrected chi connectivity index (χ4v) is 1.21. The van der Waals surface area contributed by atoms with Crippen molar-refractivity contribution in [3.8, 4) is 0 Å². The number of carbonyl (C=O) groups is 2. The molecule has 5 nitrogen and oxygen atoms in total. The standard InChI is InChI=1S/C8H8BrNO4/c1-4(8(12)13)10-7(11)5-2-3-14-6(5)9/h2-4H,1H3,(H,10,11)(H,12,13)/t4-/m0/s1. The number of carboxylic acids is 1. The molecule has 0 aliphatic rings. The van der Waals surface area contributed by atoms with E-state index in [0.717, 1.165) is 0 Å². The number of amides is 1. The first-order chi connectivity index (χ1) is 6.52. The van der Waals surface area contributed by atoms with E-state index < -0.39 is 17.9 Å². The summed E-state index contributed by atoms with van der Waals surface area (Å²) in [5, 5.41) is 10.8. The van der Waals surface area contributed by atoms with Crippen molar-refractivity contribution in [3.63, 3.8) is 0 Å². The predicted molar refractivity (Wildman–Crippen MR) is 51.0 cm³/mol. The Morgan fingerprint density at radius 3 is 2.71 bits per heavy atom. The normalized spacial score (nSPS) is 12.1. The van der Waals surface area contributed by atoms with E-state index >= 15 is 0 Å². The minimum atomic E-state index is -1.09. The van der Waals surface area contributed by atoms with Gasteiger partial charge in [-0.15, -0.1) is 0 Å². The van der Waals surface area contributed by atoms with Crippen molar-refractivity contribution in [1.29, 1.82) is 0 Å². The molecule has 0 saturated carbocycles. The third-order valence-corrected chi connectivity index (χ3v) is 2.19. The lowest BCUT2D eigenvalue weighted by Gasteiger charge is -2.07. The van der Waals surface area contributed by atoms with Gasteiger partial charge in [0.05, 0.1) is 11.8 Å². The lowest BCUT2D eigenvalue weighted by Crippen LogP contribution is -2.38. The van der Waals surface area contributed by atoms with Crippen LogP contribution in [0.3, 0.4) is 0 Å². The summed E-state index contributed by atoms with van der Waals surface area (Å²) in [6.07, 6.45) is 1.34. The highest BCUT2D eigenvalue weighted by molar-refractivity contribution is 9.10. The Balaban J connectivity index is 2.69. The number of aliphatic carboxylic acids is 1. The predicted octanol–water partition coefficient (Wildman–Crippen LogP) is 1.25. The summed E-state index contributed by atoms with van der Waals surface area (Å²) in [5.74, 6) is -1.57. The fraction of sp³-hybridized carbons (Fsp3) is 0.250. The molecule has 14 heavy (non-hydrogen) atoms. The molecular weight excluding hydrogens is 254 g/mol. The van der Waals surface area contributed by atoms with Crippen molar-refractivity contribution in [2.45, 2.75) is 13.0 Å². The van der Waals surface area contributed by atoms with Gasteiger partial charge in [-0.1, -0.05) is 0 Å². The Kier molecular flexibility index (Phi) is 3.29. The summed E-state index contributed by atoms with van der Waals surface area (Å²) in [6, 6.07) is 0.526. The zero-order valence-corrected chi connectivity index (χ0v) is 8.87. The minimum Gasteiger partial charge on any atom is -0.480 e. The Morgan fingerprint density at radius 1 is 1.64 bits per heavy atom. The Labute approximate surface area is 88.2 Å². The van der Waals surface area contributed by atoms with Crippen LogP contribution in [0.4, 0.5) is 0 Å². The van der Waals surface area contributed by atoms with Crippen LogP contribution >= 0.6 is 15.9 Å². The van der Waals surface area contributed by atoms with Crippen molar-refractivity contribution in [2.24, 2.45) is 0 Å². The maximum atomic E-state index is 11.4. The largest absolute Gasteiger partial charge is 0.480 e. The molecule has 1 amide bonds. The van der Waals surface area contributed by atoms with Gasteiger partial charge in [0.25, 0.3) is 5.91 Å². The molecule has 0 aromatic carbocycles. The number of hydrogen-bond donors (Lipinski definition) is 2. The van der Waals surface area contributed by atoms with Crippen molar-refractivity contribution >= 4 is 27.8 Å². The number of furan rings is 1. The highest BCUT2D eigenvalue weighted by Gasteiger charge is 2.18. The summed E-state index contributed by atoms with van der Waals surface area (Å²) in [4.78, 5) is 21.8. The minimum absolute atomic E-state index is 0.276. The van der Waals surface area contributed by atoms with Crippen molar-refractivity contribution < 1.29 is 19.1 Å². The molecule has 6 heteroatoms. The molecule has 1 aromatic rings. The molecule has 0 radical (unpaired) electrons. The maximum Gasteiger partial charge on any atom is 0.325 e. The fourth-order valence-electron chi connectivity index (χ4n) is 0.792. The van der Waals surface area contributed by atoms with Gasteiger partial charge in [0.15, 0.2) is 4.67 Å². The van der Waals surface area contributed by atoms with E-state index in [1.165, 1.54) is 19.3 Å². The summed E-state index contributed by atoms with van der Waals surface area (Å²) in [6.45, 7) is 1.38. The SMILES string of the molecule is C[C@H](NC(=O)c1ccoc1Br)C(=O)O. The molecule has 0 aliphatic heterocycles. The lowest BCUT2D eigenvalue weighted by molar-refractivity contribution is -0.138. The van der Waals surface area contributed by atoms with Crippen LogP contribution in [-0.4, -0.2) is 23.0 Å². The smallest absolute Gasteiger partial charge is 0.325 e. The number of carboxylic acid groups (broad SMARTS) is 1. The first kappa shape index (κ1) is 10.8. The molecule has 76 valence electrons. The number of carbonyl (C=O) groups excluding carboxylic acids is 1. The molecule has 1 heterocycles. The molecule has 0 saturated heterocycles. The average molecular weight is 262 g/mol. The Bertz CT molecular complexity index is 360. The second-order valence-electron chi connectivity index (χ2n) is 2.64. The zero-order chi connectivity index (χ0) is 10.7. The molecule has 0 spiro atoms. The third kappa shape index (κ3) is 2.35. The molecule has 2 N–H and O–H groups in total. The van der Waals surface area contributed by atoms with Crippen molar-refractivity contribution in [3.05, 3.63) is 22.6 Å². The highest BCUT2D eigenvalue weighted by atomic mass is 79.9. The van der Waals surface area contributed by atoms with Gasteiger partial charge in [-0.2, -0.15) is 0 Å². The van der Waals surface area contributed by atoms with Crippen LogP contribution in [0.5, 0.6) is 0 Å². The molecule has 1 atom stereocenters. The lowest BCUT2D eigenvalue weighted by atomic mass is 10.3. The van der Waals surface area contributed by atoms with E-state index in [9.17, 15) is 9.59 Å². The van der Waals surface area contributed by atoms with Crippen LogP contribution in [0.15, 0.2) is 21.4 Å². The van der Waals surface area contributed by atoms with Gasteiger partial charge in [-0.3, -0.25) is 9.59 Å². The zero-order valence-electron chi connectivity index (χ0n) is 7.28. The second kappa shape index (κ2) is 4.28. The maximum absolute atomic E-state index is 11.4. The first-order valence-corrected chi connectivity index (χ1v) is 4.58. The van der Waals surface area contributed by atoms with Gasteiger partial charge < -0.3 is 14.8 Å².